The highest BCUT2D eigenvalue weighted by Gasteiger charge is 2.55. The van der Waals surface area contributed by atoms with E-state index in [1.54, 1.807) is 10.6 Å². The van der Waals surface area contributed by atoms with Gasteiger partial charge in [0, 0.05) is 46.3 Å². The lowest BCUT2D eigenvalue weighted by molar-refractivity contribution is -0.141. The molecular weight excluding hydrogens is 571 g/mol. The van der Waals surface area contributed by atoms with Crippen molar-refractivity contribution in [3.63, 3.8) is 0 Å². The van der Waals surface area contributed by atoms with E-state index >= 15 is 0 Å². The Morgan fingerprint density at radius 1 is 1.12 bits per heavy atom. The van der Waals surface area contributed by atoms with Crippen molar-refractivity contribution in [1.29, 1.82) is 0 Å². The number of aliphatic imine (C=N–C) groups is 1. The van der Waals surface area contributed by atoms with Crippen molar-refractivity contribution in [2.24, 2.45) is 10.9 Å². The summed E-state index contributed by atoms with van der Waals surface area (Å²) in [4.78, 5) is 23.2. The van der Waals surface area contributed by atoms with Gasteiger partial charge >= 0.3 is 6.18 Å². The average Bonchev–Trinajstić information content (AvgIpc) is 3.37. The maximum absolute atomic E-state index is 13.6. The Labute approximate surface area is 239 Å². The van der Waals surface area contributed by atoms with Crippen molar-refractivity contribution in [2.75, 3.05) is 0 Å². The van der Waals surface area contributed by atoms with Crippen molar-refractivity contribution in [1.82, 2.24) is 29.7 Å². The van der Waals surface area contributed by atoms with Crippen molar-refractivity contribution in [3.05, 3.63) is 93.0 Å². The Bertz CT molecular complexity index is 2070. The largest absolute Gasteiger partial charge is 0.436 e. The van der Waals surface area contributed by atoms with Gasteiger partial charge in [0.15, 0.2) is 11.3 Å². The monoisotopic (exact) mass is 589 g/mol. The molecule has 5 heterocycles. The number of benzene rings is 2. The molecule has 1 aliphatic carbocycles. The maximum atomic E-state index is 13.6. The molecule has 9 nitrogen and oxygen atoms in total. The van der Waals surface area contributed by atoms with Gasteiger partial charge < -0.3 is 4.52 Å². The Hall–Kier alpha value is -4.58. The first-order valence-electron chi connectivity index (χ1n) is 13.2. The van der Waals surface area contributed by atoms with Crippen molar-refractivity contribution >= 4 is 33.9 Å². The third-order valence-electron chi connectivity index (χ3n) is 8.22. The molecule has 1 saturated carbocycles. The number of alkyl halides is 3. The Kier molecular flexibility index (Phi) is 5.22. The quantitative estimate of drug-likeness (QED) is 0.249. The molecule has 3 unspecified atom stereocenters. The summed E-state index contributed by atoms with van der Waals surface area (Å²) in [5.74, 6) is 0.936. The number of nitrogens with zero attached hydrogens (tertiary/aromatic N) is 7. The van der Waals surface area contributed by atoms with Crippen LogP contribution in [0.15, 0.2) is 69.2 Å². The number of aryl methyl sites for hydroxylation is 1. The van der Waals surface area contributed by atoms with Gasteiger partial charge in [0.05, 0.1) is 29.3 Å². The Balaban J connectivity index is 1.13. The highest BCUT2D eigenvalue weighted by atomic mass is 35.5. The van der Waals surface area contributed by atoms with Gasteiger partial charge in [-0.1, -0.05) is 28.0 Å². The van der Waals surface area contributed by atoms with Gasteiger partial charge in [0.1, 0.15) is 5.82 Å². The predicted octanol–water partition coefficient (Wildman–Crippen LogP) is 6.16. The van der Waals surface area contributed by atoms with E-state index < -0.39 is 11.9 Å². The number of rotatable bonds is 4. The zero-order chi connectivity index (χ0) is 28.9. The van der Waals surface area contributed by atoms with Crippen LogP contribution in [0.3, 0.4) is 0 Å². The van der Waals surface area contributed by atoms with E-state index in [0.29, 0.717) is 34.1 Å². The lowest BCUT2D eigenvalue weighted by atomic mass is 9.97. The fourth-order valence-electron chi connectivity index (χ4n) is 6.13. The number of fused-ring (bicyclic) bond motifs is 4. The minimum absolute atomic E-state index is 0.0914. The van der Waals surface area contributed by atoms with Crippen LogP contribution >= 0.6 is 11.6 Å². The number of aromatic nitrogens is 6. The number of hydrogen-bond donors (Lipinski definition) is 0. The van der Waals surface area contributed by atoms with E-state index in [-0.39, 0.29) is 29.1 Å². The summed E-state index contributed by atoms with van der Waals surface area (Å²) in [6.07, 6.45) is -0.548. The Morgan fingerprint density at radius 3 is 2.79 bits per heavy atom. The minimum atomic E-state index is -4.65. The third kappa shape index (κ3) is 3.85. The summed E-state index contributed by atoms with van der Waals surface area (Å²) >= 11 is 6.27. The minimum Gasteiger partial charge on any atom is -0.356 e. The molecule has 8 rings (SSSR count). The molecule has 0 amide bonds. The first kappa shape index (κ1) is 25.2. The van der Waals surface area contributed by atoms with Crippen LogP contribution in [-0.2, 0) is 6.18 Å². The normalized spacial score (nSPS) is 20.9. The lowest BCUT2D eigenvalue weighted by Gasteiger charge is -2.19. The molecule has 3 aliphatic rings. The van der Waals surface area contributed by atoms with Crippen LogP contribution in [0.25, 0.3) is 33.5 Å². The topological polar surface area (TPSA) is 104 Å². The third-order valence-corrected chi connectivity index (χ3v) is 8.46. The molecule has 13 heteroatoms. The summed E-state index contributed by atoms with van der Waals surface area (Å²) in [6.45, 7) is 1.90. The molecule has 5 aromatic rings. The maximum Gasteiger partial charge on any atom is 0.436 e. The fourth-order valence-corrected chi connectivity index (χ4v) is 6.30. The highest BCUT2D eigenvalue weighted by molar-refractivity contribution is 6.31. The van der Waals surface area contributed by atoms with Gasteiger partial charge in [0.25, 0.3) is 5.56 Å². The predicted molar refractivity (Wildman–Crippen MR) is 148 cm³/mol. The van der Waals surface area contributed by atoms with Crippen LogP contribution in [0.5, 0.6) is 0 Å². The van der Waals surface area contributed by atoms with E-state index in [9.17, 15) is 18.0 Å². The van der Waals surface area contributed by atoms with Crippen LogP contribution in [0.1, 0.15) is 47.6 Å². The molecular formula is C29H19ClF3N7O2. The lowest BCUT2D eigenvalue weighted by Crippen LogP contribution is -2.30. The summed E-state index contributed by atoms with van der Waals surface area (Å²) in [6, 6.07) is 11.8. The van der Waals surface area contributed by atoms with Gasteiger partial charge in [-0.05, 0) is 60.7 Å². The first-order valence-corrected chi connectivity index (χ1v) is 13.6. The second kappa shape index (κ2) is 8.71. The van der Waals surface area contributed by atoms with Gasteiger partial charge in [0.2, 0.25) is 0 Å². The van der Waals surface area contributed by atoms with E-state index in [4.69, 9.17) is 26.1 Å². The number of hydrogen-bond acceptors (Lipinski definition) is 7. The molecule has 210 valence electrons. The average molecular weight is 590 g/mol. The Morgan fingerprint density at radius 2 is 1.98 bits per heavy atom. The SMILES string of the molecule is Cc1noc2cc(C3=CN=C(C4C5CC5c5nc(-c6cc(Cl)ccc6-n6cc(C(F)(F)F)nn6)cc(=O)n54)C3)ccc12. The zero-order valence-corrected chi connectivity index (χ0v) is 22.6. The molecule has 42 heavy (non-hydrogen) atoms. The first-order chi connectivity index (χ1) is 20.2. The molecule has 0 N–H and O–H groups in total. The van der Waals surface area contributed by atoms with Gasteiger partial charge in [-0.3, -0.25) is 14.4 Å². The molecule has 1 fully saturated rings. The fraction of sp³-hybridized carbons (Fsp3) is 0.241. The zero-order valence-electron chi connectivity index (χ0n) is 21.8. The second-order valence-electron chi connectivity index (χ2n) is 10.8. The summed E-state index contributed by atoms with van der Waals surface area (Å²) in [5, 5.41) is 12.3. The summed E-state index contributed by atoms with van der Waals surface area (Å²) in [5.41, 5.74) is 4.02. The molecule has 0 saturated heterocycles. The number of allylic oxidation sites excluding steroid dienone is 1. The molecule has 0 radical (unpaired) electrons. The van der Waals surface area contributed by atoms with Gasteiger partial charge in [-0.15, -0.1) is 5.10 Å². The van der Waals surface area contributed by atoms with E-state index in [1.165, 1.54) is 18.2 Å². The van der Waals surface area contributed by atoms with Crippen molar-refractivity contribution < 1.29 is 17.7 Å². The standard InChI is InChI=1S/C29H19ClF3N7O2/c1-13-17-4-2-14(7-24(17)42-37-13)15-6-22(34-11-15)27-18-9-19(18)28-35-21(10-26(41)40(27)28)20-8-16(30)3-5-23(20)39-12-25(36-38-39)29(31,32)33/h2-5,7-8,10-12,18-19,27H,6,9H2,1H3. The molecule has 3 aromatic heterocycles. The van der Waals surface area contributed by atoms with Gasteiger partial charge in [-0.2, -0.15) is 13.2 Å². The van der Waals surface area contributed by atoms with E-state index in [2.05, 4.69) is 15.5 Å². The van der Waals surface area contributed by atoms with Crippen LogP contribution < -0.4 is 5.56 Å². The van der Waals surface area contributed by atoms with Crippen molar-refractivity contribution in [3.8, 4) is 16.9 Å². The van der Waals surface area contributed by atoms with E-state index in [1.807, 2.05) is 31.3 Å². The summed E-state index contributed by atoms with van der Waals surface area (Å²) in [7, 11) is 0. The molecule has 2 aromatic carbocycles. The number of halogens is 4. The van der Waals surface area contributed by atoms with Crippen LogP contribution in [0.2, 0.25) is 5.02 Å². The van der Waals surface area contributed by atoms with E-state index in [0.717, 1.165) is 45.2 Å². The molecule has 2 aliphatic heterocycles. The molecule has 0 spiro atoms. The van der Waals surface area contributed by atoms with Gasteiger partial charge in [-0.25, -0.2) is 9.67 Å². The van der Waals surface area contributed by atoms with Crippen LogP contribution in [0.4, 0.5) is 13.2 Å². The summed E-state index contributed by atoms with van der Waals surface area (Å²) < 4.78 is 47.7. The van der Waals surface area contributed by atoms with Crippen molar-refractivity contribution in [2.45, 2.75) is 37.9 Å². The highest BCUT2D eigenvalue weighted by Crippen LogP contribution is 2.59. The second-order valence-corrected chi connectivity index (χ2v) is 11.2. The van der Waals surface area contributed by atoms with Crippen LogP contribution in [0, 0.1) is 12.8 Å². The smallest absolute Gasteiger partial charge is 0.356 e. The molecule has 3 atom stereocenters. The van der Waals surface area contributed by atoms with Crippen LogP contribution in [-0.4, -0.2) is 35.4 Å². The molecule has 0 bridgehead atoms.